The molecule has 0 aliphatic carbocycles. The van der Waals surface area contributed by atoms with Gasteiger partial charge < -0.3 is 14.7 Å². The van der Waals surface area contributed by atoms with Crippen molar-refractivity contribution < 1.29 is 23.8 Å². The summed E-state index contributed by atoms with van der Waals surface area (Å²) < 4.78 is 19.3. The summed E-state index contributed by atoms with van der Waals surface area (Å²) in [7, 11) is 0. The monoisotopic (exact) mass is 460 g/mol. The van der Waals surface area contributed by atoms with Gasteiger partial charge in [-0.05, 0) is 59.5 Å². The molecule has 1 N–H and O–H groups in total. The summed E-state index contributed by atoms with van der Waals surface area (Å²) in [5, 5.41) is 11.1. The highest BCUT2D eigenvalue weighted by Gasteiger charge is 2.46. The van der Waals surface area contributed by atoms with Crippen LogP contribution in [0.15, 0.2) is 78.6 Å². The number of ether oxygens (including phenoxy) is 1. The summed E-state index contributed by atoms with van der Waals surface area (Å²) >= 11 is 0. The highest BCUT2D eigenvalue weighted by atomic mass is 19.1. The lowest BCUT2D eigenvalue weighted by molar-refractivity contribution is -0.140. The molecule has 174 valence electrons. The number of carbonyl (C=O) groups excluding carboxylic acids is 2. The highest BCUT2D eigenvalue weighted by Crippen LogP contribution is 2.40. The fraction of sp³-hybridized carbons (Fsp3) is 0.222. The van der Waals surface area contributed by atoms with Gasteiger partial charge in [0.25, 0.3) is 11.7 Å². The number of halogens is 1. The molecule has 2 aromatic carbocycles. The van der Waals surface area contributed by atoms with E-state index >= 15 is 0 Å². The van der Waals surface area contributed by atoms with Crippen LogP contribution in [0.5, 0.6) is 5.75 Å². The Morgan fingerprint density at radius 2 is 1.79 bits per heavy atom. The third-order valence-electron chi connectivity index (χ3n) is 5.51. The molecular weight excluding hydrogens is 435 g/mol. The third-order valence-corrected chi connectivity index (χ3v) is 5.51. The second-order valence-corrected chi connectivity index (χ2v) is 8.57. The number of aliphatic hydroxyl groups excluding tert-OH is 1. The zero-order valence-corrected chi connectivity index (χ0v) is 18.9. The number of amides is 1. The highest BCUT2D eigenvalue weighted by molar-refractivity contribution is 6.46. The van der Waals surface area contributed by atoms with Gasteiger partial charge in [-0.2, -0.15) is 0 Å². The molecule has 6 nitrogen and oxygen atoms in total. The number of ketones is 1. The minimum atomic E-state index is -0.877. The van der Waals surface area contributed by atoms with Crippen molar-refractivity contribution in [1.82, 2.24) is 9.88 Å². The summed E-state index contributed by atoms with van der Waals surface area (Å²) in [6.45, 7) is 4.74. The van der Waals surface area contributed by atoms with E-state index in [4.69, 9.17) is 4.74 Å². The van der Waals surface area contributed by atoms with Crippen molar-refractivity contribution in [2.45, 2.75) is 26.4 Å². The average Bonchev–Trinajstić information content (AvgIpc) is 3.08. The van der Waals surface area contributed by atoms with Gasteiger partial charge in [0.15, 0.2) is 0 Å². The second-order valence-electron chi connectivity index (χ2n) is 8.57. The molecule has 0 bridgehead atoms. The summed E-state index contributed by atoms with van der Waals surface area (Å²) in [6, 6.07) is 14.9. The summed E-state index contributed by atoms with van der Waals surface area (Å²) in [5.41, 5.74) is 1.57. The number of likely N-dealkylation sites (tertiary alicyclic amines) is 1. The fourth-order valence-corrected chi connectivity index (χ4v) is 3.85. The first-order chi connectivity index (χ1) is 16.3. The van der Waals surface area contributed by atoms with E-state index < -0.39 is 23.5 Å². The molecular formula is C27H25FN2O4. The Bertz CT molecular complexity index is 1210. The standard InChI is InChI=1S/C27H25FN2O4/c1-17(2)16-34-22-11-7-20(8-12-22)25(31)23-24(19-5-9-21(28)10-6-19)30(27(33)26(23)32)15-18-4-3-13-29-14-18/h3-14,17,24,31H,15-16H2,1-2H3/t24-/m0/s1. The molecule has 0 saturated carbocycles. The van der Waals surface area contributed by atoms with Crippen LogP contribution in [-0.4, -0.2) is 33.3 Å². The number of hydrogen-bond acceptors (Lipinski definition) is 5. The van der Waals surface area contributed by atoms with Crippen LogP contribution < -0.4 is 4.74 Å². The van der Waals surface area contributed by atoms with Crippen LogP contribution in [0, 0.1) is 11.7 Å². The lowest BCUT2D eigenvalue weighted by Crippen LogP contribution is -2.29. The molecule has 7 heteroatoms. The number of benzene rings is 2. The zero-order chi connectivity index (χ0) is 24.2. The molecule has 0 unspecified atom stereocenters. The first-order valence-electron chi connectivity index (χ1n) is 11.0. The van der Waals surface area contributed by atoms with Gasteiger partial charge in [0.1, 0.15) is 17.3 Å². The van der Waals surface area contributed by atoms with Gasteiger partial charge in [0.2, 0.25) is 0 Å². The third kappa shape index (κ3) is 4.83. The van der Waals surface area contributed by atoms with Crippen molar-refractivity contribution in [2.24, 2.45) is 5.92 Å². The number of nitrogens with zero attached hydrogens (tertiary/aromatic N) is 2. The molecule has 1 saturated heterocycles. The van der Waals surface area contributed by atoms with Crippen molar-refractivity contribution in [3.63, 3.8) is 0 Å². The van der Waals surface area contributed by atoms with E-state index in [-0.39, 0.29) is 17.9 Å². The van der Waals surface area contributed by atoms with Gasteiger partial charge in [-0.1, -0.05) is 32.0 Å². The number of pyridine rings is 1. The van der Waals surface area contributed by atoms with E-state index in [1.807, 2.05) is 13.8 Å². The average molecular weight is 461 g/mol. The van der Waals surface area contributed by atoms with Crippen molar-refractivity contribution in [2.75, 3.05) is 6.61 Å². The molecule has 0 spiro atoms. The van der Waals surface area contributed by atoms with Gasteiger partial charge in [0, 0.05) is 24.5 Å². The number of aliphatic hydroxyl groups is 1. The molecule has 1 aliphatic heterocycles. The first-order valence-corrected chi connectivity index (χ1v) is 11.0. The van der Waals surface area contributed by atoms with E-state index in [1.165, 1.54) is 29.2 Å². The van der Waals surface area contributed by atoms with Crippen LogP contribution >= 0.6 is 0 Å². The van der Waals surface area contributed by atoms with Crippen LogP contribution in [-0.2, 0) is 16.1 Å². The molecule has 1 amide bonds. The lowest BCUT2D eigenvalue weighted by atomic mass is 9.95. The van der Waals surface area contributed by atoms with Crippen molar-refractivity contribution >= 4 is 17.4 Å². The molecule has 34 heavy (non-hydrogen) atoms. The summed E-state index contributed by atoms with van der Waals surface area (Å²) in [4.78, 5) is 31.6. The van der Waals surface area contributed by atoms with E-state index in [2.05, 4.69) is 4.98 Å². The maximum atomic E-state index is 13.6. The van der Waals surface area contributed by atoms with E-state index in [0.717, 1.165) is 5.56 Å². The Balaban J connectivity index is 1.75. The van der Waals surface area contributed by atoms with Crippen LogP contribution in [0.2, 0.25) is 0 Å². The Labute approximate surface area is 197 Å². The maximum Gasteiger partial charge on any atom is 0.295 e. The maximum absolute atomic E-state index is 13.6. The topological polar surface area (TPSA) is 79.7 Å². The molecule has 1 fully saturated rings. The molecule has 3 aromatic rings. The lowest BCUT2D eigenvalue weighted by Gasteiger charge is -2.25. The predicted molar refractivity (Wildman–Crippen MR) is 125 cm³/mol. The molecule has 1 aliphatic rings. The SMILES string of the molecule is CC(C)COc1ccc(C(O)=C2C(=O)C(=O)N(Cc3cccnc3)[C@H]2c2ccc(F)cc2)cc1. The minimum Gasteiger partial charge on any atom is -0.507 e. The normalized spacial score (nSPS) is 17.4. The largest absolute Gasteiger partial charge is 0.507 e. The first kappa shape index (κ1) is 23.2. The van der Waals surface area contributed by atoms with Crippen molar-refractivity contribution in [3.8, 4) is 5.75 Å². The van der Waals surface area contributed by atoms with Gasteiger partial charge >= 0.3 is 0 Å². The molecule has 1 atom stereocenters. The van der Waals surface area contributed by atoms with Crippen LogP contribution in [0.1, 0.15) is 36.6 Å². The Morgan fingerprint density at radius 3 is 2.41 bits per heavy atom. The number of Topliss-reactive ketones (excluding diaryl/α,β-unsaturated/α-hetero) is 1. The Morgan fingerprint density at radius 1 is 1.09 bits per heavy atom. The summed E-state index contributed by atoms with van der Waals surface area (Å²) in [6.07, 6.45) is 3.22. The Hall–Kier alpha value is -4.00. The van der Waals surface area contributed by atoms with Gasteiger partial charge in [-0.25, -0.2) is 4.39 Å². The van der Waals surface area contributed by atoms with E-state index in [9.17, 15) is 19.1 Å². The number of rotatable bonds is 7. The smallest absolute Gasteiger partial charge is 0.295 e. The van der Waals surface area contributed by atoms with Crippen molar-refractivity contribution in [1.29, 1.82) is 0 Å². The van der Waals surface area contributed by atoms with E-state index in [0.29, 0.717) is 29.4 Å². The fourth-order valence-electron chi connectivity index (χ4n) is 3.85. The second kappa shape index (κ2) is 9.87. The number of hydrogen-bond donors (Lipinski definition) is 1. The number of carbonyl (C=O) groups is 2. The minimum absolute atomic E-state index is 0.0450. The van der Waals surface area contributed by atoms with Crippen molar-refractivity contribution in [3.05, 3.63) is 101 Å². The Kier molecular flexibility index (Phi) is 6.72. The van der Waals surface area contributed by atoms with E-state index in [1.54, 1.807) is 48.8 Å². The summed E-state index contributed by atoms with van der Waals surface area (Å²) in [5.74, 6) is -1.27. The predicted octanol–water partition coefficient (Wildman–Crippen LogP) is 4.88. The van der Waals surface area contributed by atoms with Gasteiger partial charge in [-0.15, -0.1) is 0 Å². The molecule has 0 radical (unpaired) electrons. The quantitative estimate of drug-likeness (QED) is 0.309. The zero-order valence-electron chi connectivity index (χ0n) is 18.9. The van der Waals surface area contributed by atoms with Crippen LogP contribution in [0.4, 0.5) is 4.39 Å². The molecule has 4 rings (SSSR count). The van der Waals surface area contributed by atoms with Crippen LogP contribution in [0.25, 0.3) is 5.76 Å². The van der Waals surface area contributed by atoms with Crippen LogP contribution in [0.3, 0.4) is 0 Å². The molecule has 1 aromatic heterocycles. The van der Waals surface area contributed by atoms with Gasteiger partial charge in [0.05, 0.1) is 18.2 Å². The molecule has 2 heterocycles. The number of aromatic nitrogens is 1. The van der Waals surface area contributed by atoms with Gasteiger partial charge in [-0.3, -0.25) is 14.6 Å².